The molecule has 0 aromatic carbocycles. The zero-order valence-corrected chi connectivity index (χ0v) is 13.2. The molecule has 2 rings (SSSR count). The van der Waals surface area contributed by atoms with Crippen molar-refractivity contribution in [2.24, 2.45) is 0 Å². The molecule has 120 valence electrons. The lowest BCUT2D eigenvalue weighted by atomic mass is 10.00. The van der Waals surface area contributed by atoms with Gasteiger partial charge in [0.15, 0.2) is 0 Å². The topological polar surface area (TPSA) is 64.7 Å². The molecule has 2 fully saturated rings. The fourth-order valence-corrected chi connectivity index (χ4v) is 3.38. The lowest BCUT2D eigenvalue weighted by Gasteiger charge is -2.39. The number of nitrogens with zero attached hydrogens (tertiary/aromatic N) is 2. The van der Waals surface area contributed by atoms with E-state index in [2.05, 4.69) is 17.6 Å². The predicted molar refractivity (Wildman–Crippen MR) is 81.9 cm³/mol. The molecule has 21 heavy (non-hydrogen) atoms. The first-order valence-electron chi connectivity index (χ1n) is 8.13. The molecule has 6 nitrogen and oxygen atoms in total. The van der Waals surface area contributed by atoms with Gasteiger partial charge in [-0.2, -0.15) is 0 Å². The molecule has 6 heteroatoms. The van der Waals surface area contributed by atoms with Crippen LogP contribution in [0.15, 0.2) is 0 Å². The van der Waals surface area contributed by atoms with Crippen molar-refractivity contribution in [1.29, 1.82) is 0 Å². The Hall–Kier alpha value is -1.14. The van der Waals surface area contributed by atoms with Crippen LogP contribution >= 0.6 is 0 Å². The number of carbonyl (C=O) groups is 2. The van der Waals surface area contributed by atoms with Crippen molar-refractivity contribution >= 4 is 11.8 Å². The van der Waals surface area contributed by atoms with E-state index in [4.69, 9.17) is 0 Å². The molecule has 0 bridgehead atoms. The molecule has 2 N–H and O–H groups in total. The average molecular weight is 296 g/mol. The molecule has 0 radical (unpaired) electrons. The molecule has 2 heterocycles. The highest BCUT2D eigenvalue weighted by molar-refractivity contribution is 5.84. The van der Waals surface area contributed by atoms with Crippen LogP contribution in [0.5, 0.6) is 0 Å². The standard InChI is InChI=1S/C15H28N4O2/c1-3-12-6-4-5-8-19(12)14(20)11-18-9-7-17-10-13(18)15(21)16-2/h12-13,17H,3-11H2,1-2H3,(H,16,21). The van der Waals surface area contributed by atoms with Crippen LogP contribution in [0.4, 0.5) is 0 Å². The average Bonchev–Trinajstić information content (AvgIpc) is 2.54. The molecular formula is C15H28N4O2. The number of piperazine rings is 1. The van der Waals surface area contributed by atoms with Crippen LogP contribution < -0.4 is 10.6 Å². The van der Waals surface area contributed by atoms with E-state index in [1.54, 1.807) is 7.05 Å². The maximum absolute atomic E-state index is 12.6. The number of nitrogens with one attached hydrogen (secondary N) is 2. The van der Waals surface area contributed by atoms with Gasteiger partial charge in [0, 0.05) is 39.3 Å². The van der Waals surface area contributed by atoms with Gasteiger partial charge in [0.1, 0.15) is 6.04 Å². The number of likely N-dealkylation sites (tertiary alicyclic amines) is 1. The van der Waals surface area contributed by atoms with Gasteiger partial charge in [0.05, 0.1) is 6.54 Å². The zero-order valence-electron chi connectivity index (χ0n) is 13.2. The van der Waals surface area contributed by atoms with Crippen molar-refractivity contribution in [3.8, 4) is 0 Å². The molecule has 0 spiro atoms. The van der Waals surface area contributed by atoms with Gasteiger partial charge in [-0.3, -0.25) is 14.5 Å². The number of rotatable bonds is 4. The summed E-state index contributed by atoms with van der Waals surface area (Å²) in [5.41, 5.74) is 0. The summed E-state index contributed by atoms with van der Waals surface area (Å²) in [5.74, 6) is 0.165. The van der Waals surface area contributed by atoms with E-state index < -0.39 is 0 Å². The summed E-state index contributed by atoms with van der Waals surface area (Å²) in [4.78, 5) is 28.6. The SMILES string of the molecule is CCC1CCCCN1C(=O)CN1CCNCC1C(=O)NC. The Labute approximate surface area is 127 Å². The van der Waals surface area contributed by atoms with Gasteiger partial charge < -0.3 is 15.5 Å². The molecule has 0 aliphatic carbocycles. The Bertz CT molecular complexity index is 375. The van der Waals surface area contributed by atoms with Crippen LogP contribution in [0.3, 0.4) is 0 Å². The number of carbonyl (C=O) groups excluding carboxylic acids is 2. The van der Waals surface area contributed by atoms with E-state index in [0.29, 0.717) is 19.1 Å². The Morgan fingerprint density at radius 2 is 2.10 bits per heavy atom. The summed E-state index contributed by atoms with van der Waals surface area (Å²) in [6.45, 7) is 5.56. The van der Waals surface area contributed by atoms with Gasteiger partial charge in [0.25, 0.3) is 0 Å². The van der Waals surface area contributed by atoms with Crippen molar-refractivity contribution in [1.82, 2.24) is 20.4 Å². The number of likely N-dealkylation sites (N-methyl/N-ethyl adjacent to an activating group) is 1. The molecule has 2 unspecified atom stereocenters. The molecule has 2 amide bonds. The van der Waals surface area contributed by atoms with Crippen LogP contribution in [0.25, 0.3) is 0 Å². The Morgan fingerprint density at radius 3 is 2.81 bits per heavy atom. The fourth-order valence-electron chi connectivity index (χ4n) is 3.38. The highest BCUT2D eigenvalue weighted by Crippen LogP contribution is 2.20. The van der Waals surface area contributed by atoms with Gasteiger partial charge in [-0.1, -0.05) is 6.92 Å². The maximum atomic E-state index is 12.6. The summed E-state index contributed by atoms with van der Waals surface area (Å²) in [7, 11) is 1.65. The van der Waals surface area contributed by atoms with Gasteiger partial charge in [-0.05, 0) is 25.7 Å². The second-order valence-electron chi connectivity index (χ2n) is 5.95. The molecule has 0 saturated carbocycles. The lowest BCUT2D eigenvalue weighted by Crippen LogP contribution is -2.60. The minimum absolute atomic E-state index is 0.0133. The third-order valence-electron chi connectivity index (χ3n) is 4.66. The zero-order chi connectivity index (χ0) is 15.2. The monoisotopic (exact) mass is 296 g/mol. The van der Waals surface area contributed by atoms with Crippen molar-refractivity contribution in [3.63, 3.8) is 0 Å². The Balaban J connectivity index is 1.97. The van der Waals surface area contributed by atoms with Gasteiger partial charge in [0.2, 0.25) is 11.8 Å². The predicted octanol–water partition coefficient (Wildman–Crippen LogP) is -0.203. The Morgan fingerprint density at radius 1 is 1.29 bits per heavy atom. The minimum Gasteiger partial charge on any atom is -0.358 e. The summed E-state index contributed by atoms with van der Waals surface area (Å²) < 4.78 is 0. The third kappa shape index (κ3) is 3.95. The van der Waals surface area contributed by atoms with E-state index in [0.717, 1.165) is 38.9 Å². The highest BCUT2D eigenvalue weighted by atomic mass is 16.2. The molecule has 2 saturated heterocycles. The first-order chi connectivity index (χ1) is 10.2. The van der Waals surface area contributed by atoms with Crippen LogP contribution in [0.1, 0.15) is 32.6 Å². The lowest BCUT2D eigenvalue weighted by molar-refractivity contribution is -0.138. The summed E-state index contributed by atoms with van der Waals surface area (Å²) in [5, 5.41) is 5.92. The highest BCUT2D eigenvalue weighted by Gasteiger charge is 2.32. The van der Waals surface area contributed by atoms with Gasteiger partial charge in [-0.25, -0.2) is 0 Å². The first kappa shape index (κ1) is 16.2. The maximum Gasteiger partial charge on any atom is 0.238 e. The summed E-state index contributed by atoms with van der Waals surface area (Å²) >= 11 is 0. The van der Waals surface area contributed by atoms with E-state index in [-0.39, 0.29) is 17.9 Å². The van der Waals surface area contributed by atoms with Crippen LogP contribution in [-0.4, -0.2) is 73.5 Å². The number of hydrogen-bond acceptors (Lipinski definition) is 4. The van der Waals surface area contributed by atoms with Crippen molar-refractivity contribution < 1.29 is 9.59 Å². The van der Waals surface area contributed by atoms with Crippen molar-refractivity contribution in [2.45, 2.75) is 44.7 Å². The molecule has 0 aromatic heterocycles. The number of amides is 2. The summed E-state index contributed by atoms with van der Waals surface area (Å²) in [6.07, 6.45) is 4.45. The second-order valence-corrected chi connectivity index (χ2v) is 5.95. The third-order valence-corrected chi connectivity index (χ3v) is 4.66. The van der Waals surface area contributed by atoms with Crippen molar-refractivity contribution in [3.05, 3.63) is 0 Å². The summed E-state index contributed by atoms with van der Waals surface area (Å²) in [6, 6.07) is 0.144. The van der Waals surface area contributed by atoms with E-state index in [1.165, 1.54) is 6.42 Å². The van der Waals surface area contributed by atoms with E-state index in [1.807, 2.05) is 9.80 Å². The quantitative estimate of drug-likeness (QED) is 0.754. The normalized spacial score (nSPS) is 27.4. The van der Waals surface area contributed by atoms with Gasteiger partial charge >= 0.3 is 0 Å². The first-order valence-corrected chi connectivity index (χ1v) is 8.13. The second kappa shape index (κ2) is 7.75. The largest absolute Gasteiger partial charge is 0.358 e. The molecular weight excluding hydrogens is 268 g/mol. The van der Waals surface area contributed by atoms with Gasteiger partial charge in [-0.15, -0.1) is 0 Å². The van der Waals surface area contributed by atoms with Crippen LogP contribution in [-0.2, 0) is 9.59 Å². The van der Waals surface area contributed by atoms with E-state index >= 15 is 0 Å². The fraction of sp³-hybridized carbons (Fsp3) is 0.867. The molecule has 2 atom stereocenters. The van der Waals surface area contributed by atoms with Crippen molar-refractivity contribution in [2.75, 3.05) is 39.8 Å². The smallest absolute Gasteiger partial charge is 0.238 e. The molecule has 2 aliphatic rings. The van der Waals surface area contributed by atoms with E-state index in [9.17, 15) is 9.59 Å². The minimum atomic E-state index is -0.238. The molecule has 2 aliphatic heterocycles. The van der Waals surface area contributed by atoms with Crippen LogP contribution in [0, 0.1) is 0 Å². The number of piperidine rings is 1. The Kier molecular flexibility index (Phi) is 5.99. The van der Waals surface area contributed by atoms with Crippen LogP contribution in [0.2, 0.25) is 0 Å². The molecule has 0 aromatic rings. The number of hydrogen-bond donors (Lipinski definition) is 2.